The summed E-state index contributed by atoms with van der Waals surface area (Å²) in [5.41, 5.74) is 5.35. The summed E-state index contributed by atoms with van der Waals surface area (Å²) in [6.07, 6.45) is 2.68. The van der Waals surface area contributed by atoms with Crippen molar-refractivity contribution in [3.8, 4) is 0 Å². The van der Waals surface area contributed by atoms with Crippen molar-refractivity contribution >= 4 is 56.4 Å². The molecule has 0 bridgehead atoms. The molecule has 0 spiro atoms. The van der Waals surface area contributed by atoms with E-state index in [2.05, 4.69) is 66.5 Å². The van der Waals surface area contributed by atoms with Crippen LogP contribution in [-0.2, 0) is 14.3 Å². The number of ether oxygens (including phenoxy) is 2. The van der Waals surface area contributed by atoms with E-state index in [1.54, 1.807) is 0 Å². The molecule has 29 heavy (non-hydrogen) atoms. The molecule has 0 saturated heterocycles. The summed E-state index contributed by atoms with van der Waals surface area (Å²) in [5, 5.41) is 9.73. The van der Waals surface area contributed by atoms with Crippen LogP contribution < -0.4 is 21.7 Å². The topological polar surface area (TPSA) is 97.6 Å². The van der Waals surface area contributed by atoms with Crippen LogP contribution in [0.25, 0.3) is 0 Å². The van der Waals surface area contributed by atoms with Gasteiger partial charge >= 0.3 is 0 Å². The Kier molecular flexibility index (Phi) is 22.4. The summed E-state index contributed by atoms with van der Waals surface area (Å²) < 4.78 is 10.7. The molecule has 0 radical (unpaired) electrons. The monoisotopic (exact) mass is 488 g/mol. The van der Waals surface area contributed by atoms with Gasteiger partial charge in [0.2, 0.25) is 5.91 Å². The first-order chi connectivity index (χ1) is 14.1. The van der Waals surface area contributed by atoms with Gasteiger partial charge in [-0.3, -0.25) is 4.79 Å². The number of hydrogen-bond acceptors (Lipinski definition) is 10. The number of nitrogens with two attached hydrogens (primary N) is 1. The number of nitrogens with one attached hydrogen (secondary N) is 3. The van der Waals surface area contributed by atoms with Crippen molar-refractivity contribution in [3.05, 3.63) is 0 Å². The average Bonchev–Trinajstić information content (AvgIpc) is 2.74. The minimum absolute atomic E-state index is 0.0156. The van der Waals surface area contributed by atoms with Gasteiger partial charge in [-0.1, -0.05) is 6.42 Å². The minimum atomic E-state index is -0.266. The van der Waals surface area contributed by atoms with Gasteiger partial charge in [0.25, 0.3) is 0 Å². The fourth-order valence-corrected chi connectivity index (χ4v) is 3.87. The second-order valence-corrected chi connectivity index (χ2v) is 8.06. The van der Waals surface area contributed by atoms with Crippen molar-refractivity contribution in [2.45, 2.75) is 37.4 Å². The predicted octanol–water partition coefficient (Wildman–Crippen LogP) is 0.269. The fourth-order valence-electron chi connectivity index (χ4n) is 2.48. The van der Waals surface area contributed by atoms with Crippen molar-refractivity contribution in [2.24, 2.45) is 5.73 Å². The van der Waals surface area contributed by atoms with Crippen LogP contribution in [-0.4, -0.2) is 93.1 Å². The van der Waals surface area contributed by atoms with Crippen molar-refractivity contribution in [1.29, 1.82) is 0 Å². The predicted molar refractivity (Wildman–Crippen MR) is 135 cm³/mol. The summed E-state index contributed by atoms with van der Waals surface area (Å²) in [6.45, 7) is 3.85. The molecule has 1 unspecified atom stereocenters. The first-order valence-electron chi connectivity index (χ1n) is 10.2. The number of unbranched alkanes of at least 4 members (excludes halogenated alkanes) is 1. The molecule has 0 saturated carbocycles. The quantitative estimate of drug-likeness (QED) is 0.0873. The van der Waals surface area contributed by atoms with Crippen LogP contribution in [0, 0.1) is 0 Å². The molecule has 0 fully saturated rings. The van der Waals surface area contributed by atoms with Crippen LogP contribution in [0.2, 0.25) is 0 Å². The van der Waals surface area contributed by atoms with Gasteiger partial charge in [0.1, 0.15) is 0 Å². The van der Waals surface area contributed by atoms with Crippen molar-refractivity contribution in [1.82, 2.24) is 16.0 Å². The molecule has 5 N–H and O–H groups in total. The Morgan fingerprint density at radius 3 is 2.03 bits per heavy atom. The first-order valence-corrected chi connectivity index (χ1v) is 12.7. The largest absolute Gasteiger partial charge is 0.378 e. The highest BCUT2D eigenvalue weighted by atomic mass is 32.1. The molecule has 0 aliphatic heterocycles. The van der Waals surface area contributed by atoms with Gasteiger partial charge < -0.3 is 31.2 Å². The van der Waals surface area contributed by atoms with Crippen LogP contribution in [0.4, 0.5) is 0 Å². The maximum absolute atomic E-state index is 12.6. The maximum Gasteiger partial charge on any atom is 0.237 e. The Morgan fingerprint density at radius 2 is 1.45 bits per heavy atom. The van der Waals surface area contributed by atoms with E-state index in [4.69, 9.17) is 15.2 Å². The van der Waals surface area contributed by atoms with Crippen LogP contribution in [0.3, 0.4) is 0 Å². The lowest BCUT2D eigenvalue weighted by atomic mass is 10.1. The highest BCUT2D eigenvalue weighted by molar-refractivity contribution is 7.81. The molecular formula is C18H40N4O3S4. The molecule has 0 aromatic carbocycles. The zero-order valence-electron chi connectivity index (χ0n) is 17.2. The third-order valence-electron chi connectivity index (χ3n) is 4.17. The highest BCUT2D eigenvalue weighted by Crippen LogP contribution is 2.05. The van der Waals surface area contributed by atoms with E-state index in [0.29, 0.717) is 57.1 Å². The molecule has 0 aliphatic rings. The van der Waals surface area contributed by atoms with Gasteiger partial charge in [-0.25, -0.2) is 0 Å². The van der Waals surface area contributed by atoms with Gasteiger partial charge in [-0.2, -0.15) is 50.5 Å². The third-order valence-corrected chi connectivity index (χ3v) is 5.93. The molecule has 0 heterocycles. The fraction of sp³-hybridized carbons (Fsp3) is 0.944. The van der Waals surface area contributed by atoms with Crippen LogP contribution in [0.15, 0.2) is 0 Å². The van der Waals surface area contributed by atoms with Gasteiger partial charge in [-0.15, -0.1) is 0 Å². The second-order valence-electron chi connectivity index (χ2n) is 6.60. The Bertz CT molecular complexity index is 379. The Hall–Kier alpha value is 0.670. The van der Waals surface area contributed by atoms with E-state index < -0.39 is 0 Å². The number of amides is 1. The van der Waals surface area contributed by atoms with Crippen LogP contribution in [0.5, 0.6) is 0 Å². The second kappa shape index (κ2) is 21.9. The molecule has 0 aromatic rings. The van der Waals surface area contributed by atoms with Crippen LogP contribution >= 0.6 is 50.5 Å². The van der Waals surface area contributed by atoms with Crippen molar-refractivity contribution < 1.29 is 14.3 Å². The Balaban J connectivity index is 4.18. The molecule has 0 aliphatic carbocycles. The smallest absolute Gasteiger partial charge is 0.237 e. The molecule has 7 nitrogen and oxygen atoms in total. The molecule has 1 atom stereocenters. The van der Waals surface area contributed by atoms with Gasteiger partial charge in [0.15, 0.2) is 0 Å². The Morgan fingerprint density at radius 1 is 0.828 bits per heavy atom. The summed E-state index contributed by atoms with van der Waals surface area (Å²) in [7, 11) is 0. The lowest BCUT2D eigenvalue weighted by Crippen LogP contribution is -2.50. The lowest BCUT2D eigenvalue weighted by Gasteiger charge is -2.23. The average molecular weight is 489 g/mol. The zero-order valence-corrected chi connectivity index (χ0v) is 20.8. The standard InChI is InChI=1S/C18H40N4O3S4/c19-4-7-24-9-10-25-8-6-21-18(23)17(22-16(13-28)14-29)3-1-2-5-20-15(11-26)12-27/h15-17,20,22,26-29H,1-14,19H2,(H,21,23). The summed E-state index contributed by atoms with van der Waals surface area (Å²) in [5.74, 6) is 2.78. The number of rotatable bonds is 21. The van der Waals surface area contributed by atoms with Crippen molar-refractivity contribution in [3.63, 3.8) is 0 Å². The highest BCUT2D eigenvalue weighted by Gasteiger charge is 2.20. The lowest BCUT2D eigenvalue weighted by molar-refractivity contribution is -0.123. The number of hydrogen-bond donors (Lipinski definition) is 8. The number of thiol groups is 4. The van der Waals surface area contributed by atoms with Crippen molar-refractivity contribution in [2.75, 3.05) is 69.1 Å². The van der Waals surface area contributed by atoms with Gasteiger partial charge in [0, 0.05) is 48.2 Å². The minimum Gasteiger partial charge on any atom is -0.378 e. The molecule has 174 valence electrons. The number of carbonyl (C=O) groups excluding carboxylic acids is 1. The molecule has 1 amide bonds. The number of carbonyl (C=O) groups is 1. The van der Waals surface area contributed by atoms with E-state index in [1.807, 2.05) is 0 Å². The van der Waals surface area contributed by atoms with Crippen LogP contribution in [0.1, 0.15) is 19.3 Å². The van der Waals surface area contributed by atoms with Gasteiger partial charge in [-0.05, 0) is 19.4 Å². The normalized spacial score (nSPS) is 12.7. The molecule has 11 heteroatoms. The SMILES string of the molecule is NCCOCCOCCNC(=O)C(CCCCNC(CS)CS)NC(CS)CS. The molecular weight excluding hydrogens is 448 g/mol. The summed E-state index contributed by atoms with van der Waals surface area (Å²) in [6, 6.07) is 0.138. The molecule has 0 aromatic heterocycles. The van der Waals surface area contributed by atoms with Gasteiger partial charge in [0.05, 0.1) is 32.5 Å². The van der Waals surface area contributed by atoms with E-state index in [0.717, 1.165) is 37.3 Å². The third kappa shape index (κ3) is 17.0. The van der Waals surface area contributed by atoms with E-state index in [-0.39, 0.29) is 18.0 Å². The van der Waals surface area contributed by atoms with E-state index >= 15 is 0 Å². The zero-order chi connectivity index (χ0) is 21.7. The first kappa shape index (κ1) is 29.7. The van der Waals surface area contributed by atoms with E-state index in [1.165, 1.54) is 0 Å². The molecule has 0 rings (SSSR count). The van der Waals surface area contributed by atoms with E-state index in [9.17, 15) is 4.79 Å². The summed E-state index contributed by atoms with van der Waals surface area (Å²) in [4.78, 5) is 12.6. The maximum atomic E-state index is 12.6. The summed E-state index contributed by atoms with van der Waals surface area (Å²) >= 11 is 17.3. The Labute approximate surface area is 198 Å².